The van der Waals surface area contributed by atoms with Crippen molar-refractivity contribution in [3.05, 3.63) is 58.9 Å². The van der Waals surface area contributed by atoms with Crippen molar-refractivity contribution in [3.8, 4) is 5.75 Å². The molecular formula is C19H20N2O2S. The summed E-state index contributed by atoms with van der Waals surface area (Å²) in [6.45, 7) is 2.83. The number of amides is 1. The summed E-state index contributed by atoms with van der Waals surface area (Å²) in [5.74, 6) is 0.546. The van der Waals surface area contributed by atoms with Gasteiger partial charge in [0.2, 0.25) is 0 Å². The number of carbonyl (C=O) groups excluding carboxylic acids is 1. The topological polar surface area (TPSA) is 43.6 Å². The minimum absolute atomic E-state index is 0.239. The van der Waals surface area contributed by atoms with E-state index in [1.807, 2.05) is 48.0 Å². The molecule has 0 N–H and O–H groups in total. The van der Waals surface area contributed by atoms with E-state index in [2.05, 4.69) is 11.9 Å². The summed E-state index contributed by atoms with van der Waals surface area (Å²) in [7, 11) is 1.93. The fourth-order valence-corrected chi connectivity index (χ4v) is 3.38. The third kappa shape index (κ3) is 3.57. The molecule has 3 rings (SSSR count). The quantitative estimate of drug-likeness (QED) is 0.655. The third-order valence-corrected chi connectivity index (χ3v) is 4.89. The van der Waals surface area contributed by atoms with Crippen molar-refractivity contribution >= 4 is 27.5 Å². The van der Waals surface area contributed by atoms with E-state index in [9.17, 15) is 4.79 Å². The van der Waals surface area contributed by atoms with E-state index >= 15 is 0 Å². The van der Waals surface area contributed by atoms with Crippen LogP contribution in [-0.2, 0) is 7.05 Å². The first kappa shape index (κ1) is 16.5. The Morgan fingerprint density at radius 2 is 1.92 bits per heavy atom. The van der Waals surface area contributed by atoms with Crippen molar-refractivity contribution in [2.75, 3.05) is 6.61 Å². The Morgan fingerprint density at radius 3 is 2.62 bits per heavy atom. The number of aromatic nitrogens is 1. The standard InChI is InChI=1S/C19H20N2O2S/c1-3-4-13-23-15-11-9-14(10-12-15)18(22)20-19-21(2)16-7-5-6-8-17(16)24-19/h5-12H,3-4,13H2,1-2H3. The molecule has 0 radical (unpaired) electrons. The Bertz CT molecular complexity index is 907. The SMILES string of the molecule is CCCCOc1ccc(C(=O)N=c2sc3ccccc3n2C)cc1. The number of ether oxygens (including phenoxy) is 1. The van der Waals surface area contributed by atoms with E-state index < -0.39 is 0 Å². The number of para-hydroxylation sites is 1. The van der Waals surface area contributed by atoms with Gasteiger partial charge in [-0.1, -0.05) is 36.8 Å². The number of carbonyl (C=O) groups is 1. The van der Waals surface area contributed by atoms with Gasteiger partial charge >= 0.3 is 0 Å². The van der Waals surface area contributed by atoms with E-state index in [4.69, 9.17) is 4.74 Å². The molecule has 5 heteroatoms. The maximum absolute atomic E-state index is 12.4. The lowest BCUT2D eigenvalue weighted by Gasteiger charge is -2.05. The van der Waals surface area contributed by atoms with Crippen LogP contribution < -0.4 is 9.54 Å². The number of rotatable bonds is 5. The van der Waals surface area contributed by atoms with Crippen molar-refractivity contribution in [2.45, 2.75) is 19.8 Å². The number of hydrogen-bond donors (Lipinski definition) is 0. The van der Waals surface area contributed by atoms with Gasteiger partial charge in [0.1, 0.15) is 5.75 Å². The Labute approximate surface area is 145 Å². The van der Waals surface area contributed by atoms with Gasteiger partial charge in [-0.25, -0.2) is 0 Å². The highest BCUT2D eigenvalue weighted by Gasteiger charge is 2.07. The van der Waals surface area contributed by atoms with Crippen molar-refractivity contribution in [1.82, 2.24) is 4.57 Å². The molecule has 2 aromatic carbocycles. The first-order valence-electron chi connectivity index (χ1n) is 8.05. The Balaban J connectivity index is 1.82. The van der Waals surface area contributed by atoms with E-state index in [-0.39, 0.29) is 5.91 Å². The first-order chi connectivity index (χ1) is 11.7. The molecule has 0 saturated heterocycles. The summed E-state index contributed by atoms with van der Waals surface area (Å²) in [6, 6.07) is 15.2. The highest BCUT2D eigenvalue weighted by molar-refractivity contribution is 7.16. The van der Waals surface area contributed by atoms with Crippen LogP contribution in [0.1, 0.15) is 30.1 Å². The van der Waals surface area contributed by atoms with Crippen LogP contribution in [0.15, 0.2) is 53.5 Å². The maximum Gasteiger partial charge on any atom is 0.279 e. The number of aryl methyl sites for hydroxylation is 1. The number of hydrogen-bond acceptors (Lipinski definition) is 3. The average molecular weight is 340 g/mol. The molecule has 0 spiro atoms. The molecular weight excluding hydrogens is 320 g/mol. The molecule has 0 bridgehead atoms. The number of benzene rings is 2. The molecule has 1 heterocycles. The lowest BCUT2D eigenvalue weighted by molar-refractivity contribution is 0.0998. The average Bonchev–Trinajstić information content (AvgIpc) is 2.92. The van der Waals surface area contributed by atoms with Gasteiger partial charge in [-0.15, -0.1) is 0 Å². The molecule has 0 atom stereocenters. The molecule has 1 amide bonds. The predicted molar refractivity (Wildman–Crippen MR) is 97.5 cm³/mol. The molecule has 0 saturated carbocycles. The van der Waals surface area contributed by atoms with Crippen molar-refractivity contribution in [1.29, 1.82) is 0 Å². The van der Waals surface area contributed by atoms with Gasteiger partial charge in [0.15, 0.2) is 4.80 Å². The number of thiazole rings is 1. The Kier molecular flexibility index (Phi) is 5.11. The van der Waals surface area contributed by atoms with Crippen molar-refractivity contribution in [3.63, 3.8) is 0 Å². The van der Waals surface area contributed by atoms with Crippen LogP contribution >= 0.6 is 11.3 Å². The molecule has 124 valence electrons. The van der Waals surface area contributed by atoms with Crippen LogP contribution in [0.2, 0.25) is 0 Å². The van der Waals surface area contributed by atoms with E-state index in [1.165, 1.54) is 11.3 Å². The lowest BCUT2D eigenvalue weighted by atomic mass is 10.2. The minimum atomic E-state index is -0.239. The van der Waals surface area contributed by atoms with Crippen LogP contribution in [-0.4, -0.2) is 17.1 Å². The molecule has 0 aliphatic heterocycles. The van der Waals surface area contributed by atoms with Gasteiger partial charge in [-0.2, -0.15) is 4.99 Å². The van der Waals surface area contributed by atoms with E-state index in [0.717, 1.165) is 28.8 Å². The summed E-state index contributed by atoms with van der Waals surface area (Å²) in [5, 5.41) is 0. The normalized spacial score (nSPS) is 11.8. The largest absolute Gasteiger partial charge is 0.494 e. The zero-order valence-electron chi connectivity index (χ0n) is 13.9. The summed E-state index contributed by atoms with van der Waals surface area (Å²) in [4.78, 5) is 17.4. The fraction of sp³-hybridized carbons (Fsp3) is 0.263. The summed E-state index contributed by atoms with van der Waals surface area (Å²) < 4.78 is 8.68. The smallest absolute Gasteiger partial charge is 0.279 e. The zero-order valence-corrected chi connectivity index (χ0v) is 14.7. The molecule has 0 unspecified atom stereocenters. The third-order valence-electron chi connectivity index (χ3n) is 3.78. The molecule has 24 heavy (non-hydrogen) atoms. The number of nitrogens with zero attached hydrogens (tertiary/aromatic N) is 2. The Hall–Kier alpha value is -2.40. The monoisotopic (exact) mass is 340 g/mol. The van der Waals surface area contributed by atoms with Crippen LogP contribution in [0.25, 0.3) is 10.2 Å². The van der Waals surface area contributed by atoms with E-state index in [0.29, 0.717) is 17.0 Å². The van der Waals surface area contributed by atoms with Gasteiger partial charge in [0.25, 0.3) is 5.91 Å². The van der Waals surface area contributed by atoms with Gasteiger partial charge in [0, 0.05) is 12.6 Å². The van der Waals surface area contributed by atoms with E-state index in [1.54, 1.807) is 12.1 Å². The second kappa shape index (κ2) is 7.45. The van der Waals surface area contributed by atoms with Gasteiger partial charge in [0.05, 0.1) is 16.8 Å². The second-order valence-corrected chi connectivity index (χ2v) is 6.56. The molecule has 0 aliphatic carbocycles. The van der Waals surface area contributed by atoms with Gasteiger partial charge in [-0.3, -0.25) is 4.79 Å². The number of fused-ring (bicyclic) bond motifs is 1. The maximum atomic E-state index is 12.4. The van der Waals surface area contributed by atoms with Gasteiger partial charge < -0.3 is 9.30 Å². The molecule has 0 fully saturated rings. The second-order valence-electron chi connectivity index (χ2n) is 5.55. The summed E-state index contributed by atoms with van der Waals surface area (Å²) in [5.41, 5.74) is 1.64. The fourth-order valence-electron chi connectivity index (χ4n) is 2.37. The molecule has 4 nitrogen and oxygen atoms in total. The highest BCUT2D eigenvalue weighted by Crippen LogP contribution is 2.16. The minimum Gasteiger partial charge on any atom is -0.494 e. The Morgan fingerprint density at radius 1 is 1.17 bits per heavy atom. The summed E-state index contributed by atoms with van der Waals surface area (Å²) in [6.07, 6.45) is 2.13. The van der Waals surface area contributed by atoms with Crippen LogP contribution in [0.4, 0.5) is 0 Å². The predicted octanol–water partition coefficient (Wildman–Crippen LogP) is 4.16. The molecule has 3 aromatic rings. The van der Waals surface area contributed by atoms with Gasteiger partial charge in [-0.05, 0) is 42.8 Å². The lowest BCUT2D eigenvalue weighted by Crippen LogP contribution is -2.13. The summed E-state index contributed by atoms with van der Waals surface area (Å²) >= 11 is 1.51. The highest BCUT2D eigenvalue weighted by atomic mass is 32.1. The van der Waals surface area contributed by atoms with Crippen molar-refractivity contribution in [2.24, 2.45) is 12.0 Å². The number of unbranched alkanes of at least 4 members (excludes halogenated alkanes) is 1. The first-order valence-corrected chi connectivity index (χ1v) is 8.87. The zero-order chi connectivity index (χ0) is 16.9. The van der Waals surface area contributed by atoms with Crippen LogP contribution in [0, 0.1) is 0 Å². The van der Waals surface area contributed by atoms with Crippen molar-refractivity contribution < 1.29 is 9.53 Å². The molecule has 1 aromatic heterocycles. The molecule has 0 aliphatic rings. The van der Waals surface area contributed by atoms with Crippen LogP contribution in [0.5, 0.6) is 5.75 Å². The van der Waals surface area contributed by atoms with Crippen LogP contribution in [0.3, 0.4) is 0 Å².